The van der Waals surface area contributed by atoms with Crippen LogP contribution in [0.1, 0.15) is 44.2 Å². The molecule has 6 rings (SSSR count). The zero-order valence-electron chi connectivity index (χ0n) is 12.6. The third kappa shape index (κ3) is 1.87. The second kappa shape index (κ2) is 4.57. The van der Waals surface area contributed by atoms with Crippen molar-refractivity contribution in [3.05, 3.63) is 23.5 Å². The Bertz CT molecular complexity index is 696. The maximum atomic E-state index is 12.9. The van der Waals surface area contributed by atoms with Crippen LogP contribution in [0.5, 0.6) is 0 Å². The van der Waals surface area contributed by atoms with Gasteiger partial charge in [0.05, 0.1) is 12.2 Å². The van der Waals surface area contributed by atoms with Crippen molar-refractivity contribution in [2.45, 2.75) is 45.1 Å². The molecule has 0 atom stereocenters. The first-order valence-corrected chi connectivity index (χ1v) is 9.27. The lowest BCUT2D eigenvalue weighted by Gasteiger charge is -2.55. The van der Waals surface area contributed by atoms with Crippen LogP contribution in [0.15, 0.2) is 17.8 Å². The zero-order chi connectivity index (χ0) is 14.7. The maximum absolute atomic E-state index is 12.9. The van der Waals surface area contributed by atoms with Gasteiger partial charge in [-0.05, 0) is 56.3 Å². The van der Waals surface area contributed by atoms with E-state index in [0.29, 0.717) is 12.5 Å². The molecule has 4 aliphatic carbocycles. The molecule has 5 heteroatoms. The molecule has 2 heterocycles. The molecule has 116 valence electrons. The van der Waals surface area contributed by atoms with Gasteiger partial charge in [0.1, 0.15) is 0 Å². The Balaban J connectivity index is 1.34. The Morgan fingerprint density at radius 3 is 2.64 bits per heavy atom. The predicted octanol–water partition coefficient (Wildman–Crippen LogP) is 3.23. The summed E-state index contributed by atoms with van der Waals surface area (Å²) in [6.45, 7) is 0.622. The minimum absolute atomic E-state index is 0.0428. The SMILES string of the molecule is O=C(NCc1csc2nccn12)C12CC3CC(CC(C3)C1)C2. The van der Waals surface area contributed by atoms with E-state index in [1.807, 2.05) is 12.4 Å². The van der Waals surface area contributed by atoms with Crippen LogP contribution in [0.3, 0.4) is 0 Å². The number of imidazole rings is 1. The third-order valence-electron chi connectivity index (χ3n) is 6.17. The average molecular weight is 315 g/mol. The fourth-order valence-corrected chi connectivity index (χ4v) is 6.50. The maximum Gasteiger partial charge on any atom is 0.226 e. The Kier molecular flexibility index (Phi) is 2.72. The van der Waals surface area contributed by atoms with Crippen LogP contribution in [0.25, 0.3) is 4.96 Å². The van der Waals surface area contributed by atoms with Crippen LogP contribution in [0, 0.1) is 23.2 Å². The third-order valence-corrected chi connectivity index (χ3v) is 7.07. The van der Waals surface area contributed by atoms with Gasteiger partial charge in [0, 0.05) is 23.2 Å². The highest BCUT2D eigenvalue weighted by Gasteiger charge is 2.54. The summed E-state index contributed by atoms with van der Waals surface area (Å²) in [6.07, 6.45) is 11.3. The van der Waals surface area contributed by atoms with Crippen LogP contribution in [0.4, 0.5) is 0 Å². The molecule has 22 heavy (non-hydrogen) atoms. The minimum atomic E-state index is -0.0428. The molecule has 4 nitrogen and oxygen atoms in total. The molecule has 0 spiro atoms. The number of hydrogen-bond acceptors (Lipinski definition) is 3. The Hall–Kier alpha value is -1.36. The molecule has 0 radical (unpaired) electrons. The zero-order valence-corrected chi connectivity index (χ0v) is 13.4. The molecule has 2 aromatic heterocycles. The first-order chi connectivity index (χ1) is 10.7. The van der Waals surface area contributed by atoms with Gasteiger partial charge in [-0.1, -0.05) is 0 Å². The van der Waals surface area contributed by atoms with Gasteiger partial charge >= 0.3 is 0 Å². The molecular formula is C17H21N3OS. The van der Waals surface area contributed by atoms with Crippen molar-refractivity contribution in [1.82, 2.24) is 14.7 Å². The van der Waals surface area contributed by atoms with E-state index in [2.05, 4.69) is 20.1 Å². The van der Waals surface area contributed by atoms with E-state index in [1.54, 1.807) is 11.3 Å². The summed E-state index contributed by atoms with van der Waals surface area (Å²) >= 11 is 1.63. The van der Waals surface area contributed by atoms with E-state index in [1.165, 1.54) is 19.3 Å². The van der Waals surface area contributed by atoms with Crippen molar-refractivity contribution >= 4 is 22.2 Å². The van der Waals surface area contributed by atoms with E-state index in [-0.39, 0.29) is 5.41 Å². The summed E-state index contributed by atoms with van der Waals surface area (Å²) in [4.78, 5) is 18.2. The molecule has 0 aromatic carbocycles. The van der Waals surface area contributed by atoms with Crippen LogP contribution in [-0.4, -0.2) is 15.3 Å². The van der Waals surface area contributed by atoms with Crippen molar-refractivity contribution in [3.63, 3.8) is 0 Å². The number of amides is 1. The molecule has 4 saturated carbocycles. The quantitative estimate of drug-likeness (QED) is 0.945. The van der Waals surface area contributed by atoms with Gasteiger partial charge in [0.2, 0.25) is 5.91 Å². The number of hydrogen-bond donors (Lipinski definition) is 1. The standard InChI is InChI=1S/C17H21N3OS/c21-15(19-9-14-10-22-16-18-1-2-20(14)16)17-6-11-3-12(7-17)5-13(4-11)8-17/h1-2,10-13H,3-9H2,(H,19,21). The summed E-state index contributed by atoms with van der Waals surface area (Å²) in [5.74, 6) is 2.77. The number of nitrogens with zero attached hydrogens (tertiary/aromatic N) is 2. The molecule has 4 fully saturated rings. The van der Waals surface area contributed by atoms with Crippen molar-refractivity contribution in [2.75, 3.05) is 0 Å². The number of fused-ring (bicyclic) bond motifs is 1. The smallest absolute Gasteiger partial charge is 0.226 e. The summed E-state index contributed by atoms with van der Waals surface area (Å²) in [6, 6.07) is 0. The van der Waals surface area contributed by atoms with Crippen molar-refractivity contribution in [1.29, 1.82) is 0 Å². The molecule has 0 saturated heterocycles. The van der Waals surface area contributed by atoms with Crippen molar-refractivity contribution in [2.24, 2.45) is 23.2 Å². The minimum Gasteiger partial charge on any atom is -0.350 e. The van der Waals surface area contributed by atoms with Gasteiger partial charge in [-0.15, -0.1) is 11.3 Å². The number of nitrogens with one attached hydrogen (secondary N) is 1. The largest absolute Gasteiger partial charge is 0.350 e. The normalized spacial score (nSPS) is 36.1. The number of carbonyl (C=O) groups excluding carboxylic acids is 1. The van der Waals surface area contributed by atoms with E-state index >= 15 is 0 Å². The fraction of sp³-hybridized carbons (Fsp3) is 0.647. The molecule has 4 bridgehead atoms. The number of aromatic nitrogens is 2. The molecule has 2 aromatic rings. The van der Waals surface area contributed by atoms with E-state index in [4.69, 9.17) is 0 Å². The van der Waals surface area contributed by atoms with Gasteiger partial charge in [-0.25, -0.2) is 4.98 Å². The lowest BCUT2D eigenvalue weighted by atomic mass is 9.49. The van der Waals surface area contributed by atoms with Crippen LogP contribution < -0.4 is 5.32 Å². The van der Waals surface area contributed by atoms with Gasteiger partial charge in [0.25, 0.3) is 0 Å². The number of carbonyl (C=O) groups is 1. The van der Waals surface area contributed by atoms with Crippen LogP contribution in [-0.2, 0) is 11.3 Å². The monoisotopic (exact) mass is 315 g/mol. The Labute approximate surface area is 133 Å². The Morgan fingerprint density at radius 1 is 1.27 bits per heavy atom. The molecule has 1 N–H and O–H groups in total. The second-order valence-electron chi connectivity index (χ2n) is 7.69. The first kappa shape index (κ1) is 13.1. The second-order valence-corrected chi connectivity index (χ2v) is 8.52. The van der Waals surface area contributed by atoms with E-state index in [0.717, 1.165) is 47.7 Å². The number of thiazole rings is 1. The van der Waals surface area contributed by atoms with E-state index < -0.39 is 0 Å². The summed E-state index contributed by atoms with van der Waals surface area (Å²) < 4.78 is 2.07. The molecule has 4 aliphatic rings. The van der Waals surface area contributed by atoms with Crippen LogP contribution in [0.2, 0.25) is 0 Å². The van der Waals surface area contributed by atoms with Gasteiger partial charge in [-0.3, -0.25) is 9.20 Å². The fourth-order valence-electron chi connectivity index (χ4n) is 5.65. The lowest BCUT2D eigenvalue weighted by Crippen LogP contribution is -2.53. The van der Waals surface area contributed by atoms with Gasteiger partial charge < -0.3 is 5.32 Å². The summed E-state index contributed by atoms with van der Waals surface area (Å²) in [5, 5.41) is 5.34. The van der Waals surface area contributed by atoms with Gasteiger partial charge in [-0.2, -0.15) is 0 Å². The summed E-state index contributed by atoms with van der Waals surface area (Å²) in [7, 11) is 0. The topological polar surface area (TPSA) is 46.4 Å². The van der Waals surface area contributed by atoms with E-state index in [9.17, 15) is 4.79 Å². The highest BCUT2D eigenvalue weighted by atomic mass is 32.1. The molecular weight excluding hydrogens is 294 g/mol. The number of rotatable bonds is 3. The lowest BCUT2D eigenvalue weighted by molar-refractivity contribution is -0.146. The average Bonchev–Trinajstić information content (AvgIpc) is 3.06. The van der Waals surface area contributed by atoms with Gasteiger partial charge in [0.15, 0.2) is 4.96 Å². The molecule has 0 unspecified atom stereocenters. The first-order valence-electron chi connectivity index (χ1n) is 8.40. The van der Waals surface area contributed by atoms with Crippen molar-refractivity contribution in [3.8, 4) is 0 Å². The summed E-state index contributed by atoms with van der Waals surface area (Å²) in [5.41, 5.74) is 1.09. The Morgan fingerprint density at radius 2 is 1.95 bits per heavy atom. The molecule has 1 amide bonds. The molecule has 0 aliphatic heterocycles. The van der Waals surface area contributed by atoms with Crippen LogP contribution >= 0.6 is 11.3 Å². The highest BCUT2D eigenvalue weighted by molar-refractivity contribution is 7.15. The highest BCUT2D eigenvalue weighted by Crippen LogP contribution is 2.60. The predicted molar refractivity (Wildman–Crippen MR) is 85.5 cm³/mol. The van der Waals surface area contributed by atoms with Crippen molar-refractivity contribution < 1.29 is 4.79 Å².